The number of amides is 2. The molecule has 0 aromatic heterocycles. The zero-order valence-corrected chi connectivity index (χ0v) is 17.6. The van der Waals surface area contributed by atoms with Crippen LogP contribution in [0.4, 0.5) is 4.39 Å². The first-order valence-corrected chi connectivity index (χ1v) is 9.93. The van der Waals surface area contributed by atoms with E-state index in [1.807, 2.05) is 12.1 Å². The molecule has 1 atom stereocenters. The standard InChI is InChI=1S/C22H23ClFN3O3/c1-15(28)26(11-12-30-2)14-22(29)27-21(16-7-9-17(23)10-8-16)13-20(25-27)18-5-3-4-6-19(18)24/h3-10,21H,11-14H2,1-2H3/t21-/m0/s1. The number of benzene rings is 2. The molecule has 30 heavy (non-hydrogen) atoms. The predicted octanol–water partition coefficient (Wildman–Crippen LogP) is 3.65. The summed E-state index contributed by atoms with van der Waals surface area (Å²) >= 11 is 6.00. The zero-order chi connectivity index (χ0) is 21.7. The third-order valence-corrected chi connectivity index (χ3v) is 5.19. The van der Waals surface area contributed by atoms with Crippen molar-refractivity contribution in [1.82, 2.24) is 9.91 Å². The van der Waals surface area contributed by atoms with Gasteiger partial charge >= 0.3 is 0 Å². The Labute approximate surface area is 179 Å². The Morgan fingerprint density at radius 2 is 1.93 bits per heavy atom. The van der Waals surface area contributed by atoms with E-state index in [0.29, 0.717) is 35.9 Å². The quantitative estimate of drug-likeness (QED) is 0.672. The van der Waals surface area contributed by atoms with Gasteiger partial charge in [0.25, 0.3) is 5.91 Å². The van der Waals surface area contributed by atoms with Gasteiger partial charge in [-0.2, -0.15) is 5.10 Å². The van der Waals surface area contributed by atoms with Crippen LogP contribution in [0.1, 0.15) is 30.5 Å². The van der Waals surface area contributed by atoms with Gasteiger partial charge in [0.2, 0.25) is 5.91 Å². The third-order valence-electron chi connectivity index (χ3n) is 4.94. The second-order valence-corrected chi connectivity index (χ2v) is 7.41. The highest BCUT2D eigenvalue weighted by Crippen LogP contribution is 2.34. The molecule has 0 spiro atoms. The van der Waals surface area contributed by atoms with Crippen LogP contribution in [0, 0.1) is 5.82 Å². The van der Waals surface area contributed by atoms with Gasteiger partial charge in [-0.3, -0.25) is 9.59 Å². The third kappa shape index (κ3) is 5.04. The Balaban J connectivity index is 1.91. The van der Waals surface area contributed by atoms with E-state index in [1.54, 1.807) is 30.3 Å². The van der Waals surface area contributed by atoms with Crippen LogP contribution >= 0.6 is 11.6 Å². The van der Waals surface area contributed by atoms with E-state index in [2.05, 4.69) is 5.10 Å². The number of methoxy groups -OCH3 is 1. The number of carbonyl (C=O) groups is 2. The molecule has 0 unspecified atom stereocenters. The Hall–Kier alpha value is -2.77. The van der Waals surface area contributed by atoms with Crippen LogP contribution < -0.4 is 0 Å². The van der Waals surface area contributed by atoms with Gasteiger partial charge in [-0.15, -0.1) is 0 Å². The Morgan fingerprint density at radius 1 is 1.23 bits per heavy atom. The lowest BCUT2D eigenvalue weighted by molar-refractivity contribution is -0.141. The fourth-order valence-electron chi connectivity index (χ4n) is 3.33. The SMILES string of the molecule is COCCN(CC(=O)N1N=C(c2ccccc2F)C[C@H]1c1ccc(Cl)cc1)C(C)=O. The number of halogens is 2. The van der Waals surface area contributed by atoms with Gasteiger partial charge in [-0.05, 0) is 23.8 Å². The molecule has 1 aliphatic rings. The van der Waals surface area contributed by atoms with Crippen LogP contribution in [0.5, 0.6) is 0 Å². The lowest BCUT2D eigenvalue weighted by atomic mass is 9.98. The summed E-state index contributed by atoms with van der Waals surface area (Å²) in [5, 5.41) is 6.37. The zero-order valence-electron chi connectivity index (χ0n) is 16.8. The number of hydrogen-bond donors (Lipinski definition) is 0. The molecule has 8 heteroatoms. The molecule has 0 saturated heterocycles. The number of carbonyl (C=O) groups excluding carboxylic acids is 2. The Kier molecular flexibility index (Phi) is 7.18. The maximum atomic E-state index is 14.3. The van der Waals surface area contributed by atoms with Crippen molar-refractivity contribution in [2.24, 2.45) is 5.10 Å². The number of ether oxygens (including phenoxy) is 1. The van der Waals surface area contributed by atoms with Crippen molar-refractivity contribution in [3.63, 3.8) is 0 Å². The van der Waals surface area contributed by atoms with Crippen LogP contribution in [0.2, 0.25) is 5.02 Å². The van der Waals surface area contributed by atoms with Gasteiger partial charge in [0.05, 0.1) is 18.4 Å². The summed E-state index contributed by atoms with van der Waals surface area (Å²) < 4.78 is 19.4. The topological polar surface area (TPSA) is 62.2 Å². The monoisotopic (exact) mass is 431 g/mol. The first-order chi connectivity index (χ1) is 14.4. The molecule has 158 valence electrons. The van der Waals surface area contributed by atoms with E-state index in [4.69, 9.17) is 16.3 Å². The highest BCUT2D eigenvalue weighted by molar-refractivity contribution is 6.30. The highest BCUT2D eigenvalue weighted by Gasteiger charge is 2.34. The van der Waals surface area contributed by atoms with E-state index in [1.165, 1.54) is 30.0 Å². The van der Waals surface area contributed by atoms with Crippen molar-refractivity contribution in [2.75, 3.05) is 26.8 Å². The van der Waals surface area contributed by atoms with Crippen molar-refractivity contribution in [2.45, 2.75) is 19.4 Å². The van der Waals surface area contributed by atoms with Crippen LogP contribution in [-0.2, 0) is 14.3 Å². The van der Waals surface area contributed by atoms with E-state index < -0.39 is 11.9 Å². The fourth-order valence-corrected chi connectivity index (χ4v) is 3.45. The highest BCUT2D eigenvalue weighted by atomic mass is 35.5. The van der Waals surface area contributed by atoms with Crippen LogP contribution in [0.25, 0.3) is 0 Å². The molecule has 6 nitrogen and oxygen atoms in total. The maximum Gasteiger partial charge on any atom is 0.262 e. The van der Waals surface area contributed by atoms with Gasteiger partial charge in [0.15, 0.2) is 0 Å². The van der Waals surface area contributed by atoms with E-state index in [0.717, 1.165) is 5.56 Å². The fraction of sp³-hybridized carbons (Fsp3) is 0.318. The maximum absolute atomic E-state index is 14.3. The molecule has 2 aromatic rings. The minimum atomic E-state index is -0.416. The molecule has 0 N–H and O–H groups in total. The largest absolute Gasteiger partial charge is 0.383 e. The minimum absolute atomic E-state index is 0.142. The Morgan fingerprint density at radius 3 is 2.57 bits per heavy atom. The number of rotatable bonds is 7. The van der Waals surface area contributed by atoms with Crippen molar-refractivity contribution >= 4 is 29.1 Å². The molecule has 0 radical (unpaired) electrons. The molecular formula is C22H23ClFN3O3. The van der Waals surface area contributed by atoms with Crippen molar-refractivity contribution in [1.29, 1.82) is 0 Å². The molecule has 0 aliphatic carbocycles. The van der Waals surface area contributed by atoms with Gasteiger partial charge in [-0.25, -0.2) is 9.40 Å². The van der Waals surface area contributed by atoms with Crippen molar-refractivity contribution < 1.29 is 18.7 Å². The average Bonchev–Trinajstić information content (AvgIpc) is 3.17. The molecule has 3 rings (SSSR count). The van der Waals surface area contributed by atoms with Crippen molar-refractivity contribution in [3.05, 3.63) is 70.5 Å². The number of hydrazone groups is 1. The summed E-state index contributed by atoms with van der Waals surface area (Å²) in [5.74, 6) is -0.987. The van der Waals surface area contributed by atoms with Crippen LogP contribution in [-0.4, -0.2) is 54.2 Å². The molecule has 1 aliphatic heterocycles. The molecule has 1 heterocycles. The first-order valence-electron chi connectivity index (χ1n) is 9.55. The smallest absolute Gasteiger partial charge is 0.262 e. The number of hydrogen-bond acceptors (Lipinski definition) is 4. The Bertz CT molecular complexity index is 949. The molecule has 2 amide bonds. The molecule has 0 fully saturated rings. The van der Waals surface area contributed by atoms with E-state index in [9.17, 15) is 14.0 Å². The predicted molar refractivity (Wildman–Crippen MR) is 113 cm³/mol. The average molecular weight is 432 g/mol. The lowest BCUT2D eigenvalue weighted by Crippen LogP contribution is -2.41. The summed E-state index contributed by atoms with van der Waals surface area (Å²) in [6.07, 6.45) is 0.354. The van der Waals surface area contributed by atoms with Crippen molar-refractivity contribution in [3.8, 4) is 0 Å². The second-order valence-electron chi connectivity index (χ2n) is 6.97. The summed E-state index contributed by atoms with van der Waals surface area (Å²) in [6.45, 7) is 1.87. The minimum Gasteiger partial charge on any atom is -0.383 e. The molecular weight excluding hydrogens is 409 g/mol. The van der Waals surface area contributed by atoms with E-state index in [-0.39, 0.29) is 18.4 Å². The van der Waals surface area contributed by atoms with Gasteiger partial charge < -0.3 is 9.64 Å². The summed E-state index contributed by atoms with van der Waals surface area (Å²) in [4.78, 5) is 26.4. The van der Waals surface area contributed by atoms with Crippen LogP contribution in [0.3, 0.4) is 0 Å². The second kappa shape index (κ2) is 9.82. The summed E-state index contributed by atoms with van der Waals surface area (Å²) in [5.41, 5.74) is 1.66. The van der Waals surface area contributed by atoms with Gasteiger partial charge in [0, 0.05) is 37.6 Å². The molecule has 2 aromatic carbocycles. The van der Waals surface area contributed by atoms with E-state index >= 15 is 0 Å². The summed E-state index contributed by atoms with van der Waals surface area (Å²) in [7, 11) is 1.53. The van der Waals surface area contributed by atoms with Gasteiger partial charge in [-0.1, -0.05) is 41.9 Å². The van der Waals surface area contributed by atoms with Gasteiger partial charge in [0.1, 0.15) is 12.4 Å². The normalized spacial score (nSPS) is 15.8. The molecule has 0 bridgehead atoms. The molecule has 0 saturated carbocycles. The summed E-state index contributed by atoms with van der Waals surface area (Å²) in [6, 6.07) is 13.0. The lowest BCUT2D eigenvalue weighted by Gasteiger charge is -2.26. The van der Waals surface area contributed by atoms with Crippen LogP contribution in [0.15, 0.2) is 53.6 Å². The first kappa shape index (κ1) is 21.9. The number of nitrogens with zero attached hydrogens (tertiary/aromatic N) is 3.